The van der Waals surface area contributed by atoms with Crippen molar-refractivity contribution < 1.29 is 9.90 Å². The molecule has 2 aromatic rings. The maximum absolute atomic E-state index is 11.0. The van der Waals surface area contributed by atoms with Crippen LogP contribution in [0.1, 0.15) is 27.2 Å². The highest BCUT2D eigenvalue weighted by molar-refractivity contribution is 5.91. The lowest BCUT2D eigenvalue weighted by atomic mass is 10.0. The lowest BCUT2D eigenvalue weighted by molar-refractivity contribution is 0.0696. The second-order valence-corrected chi connectivity index (χ2v) is 4.35. The number of hydrogen-bond acceptors (Lipinski definition) is 1. The summed E-state index contributed by atoms with van der Waals surface area (Å²) in [6.45, 7) is 5.82. The zero-order valence-electron chi connectivity index (χ0n) is 10.2. The normalized spacial score (nSPS) is 10.5. The smallest absolute Gasteiger partial charge is 0.337 e. The number of rotatable bonds is 2. The SMILES string of the molecule is Cc1ccc(C)c(-c2cc(C(=O)O)c(C)[nH]2)c1. The van der Waals surface area contributed by atoms with Gasteiger partial charge in [-0.3, -0.25) is 0 Å². The largest absolute Gasteiger partial charge is 0.478 e. The van der Waals surface area contributed by atoms with Crippen LogP contribution in [0.2, 0.25) is 0 Å². The fourth-order valence-corrected chi connectivity index (χ4v) is 1.95. The molecule has 1 heterocycles. The highest BCUT2D eigenvalue weighted by Gasteiger charge is 2.13. The van der Waals surface area contributed by atoms with Gasteiger partial charge in [-0.1, -0.05) is 17.7 Å². The Morgan fingerprint density at radius 1 is 1.18 bits per heavy atom. The van der Waals surface area contributed by atoms with E-state index in [1.54, 1.807) is 13.0 Å². The Hall–Kier alpha value is -2.03. The monoisotopic (exact) mass is 229 g/mol. The van der Waals surface area contributed by atoms with Crippen LogP contribution in [0.5, 0.6) is 0 Å². The summed E-state index contributed by atoms with van der Waals surface area (Å²) in [7, 11) is 0. The van der Waals surface area contributed by atoms with Crippen LogP contribution < -0.4 is 0 Å². The molecule has 3 nitrogen and oxygen atoms in total. The Kier molecular flexibility index (Phi) is 2.76. The van der Waals surface area contributed by atoms with E-state index in [0.717, 1.165) is 22.4 Å². The molecule has 0 amide bonds. The first kappa shape index (κ1) is 11.5. The molecule has 0 radical (unpaired) electrons. The fraction of sp³-hybridized carbons (Fsp3) is 0.214. The van der Waals surface area contributed by atoms with Gasteiger partial charge in [0.2, 0.25) is 0 Å². The summed E-state index contributed by atoms with van der Waals surface area (Å²) in [5.41, 5.74) is 5.24. The van der Waals surface area contributed by atoms with Gasteiger partial charge in [0.25, 0.3) is 0 Å². The van der Waals surface area contributed by atoms with Gasteiger partial charge in [0.05, 0.1) is 5.56 Å². The average Bonchev–Trinajstić information content (AvgIpc) is 2.64. The van der Waals surface area contributed by atoms with Crippen LogP contribution in [-0.4, -0.2) is 16.1 Å². The molecule has 0 saturated carbocycles. The van der Waals surface area contributed by atoms with Crippen LogP contribution in [-0.2, 0) is 0 Å². The van der Waals surface area contributed by atoms with Gasteiger partial charge >= 0.3 is 5.97 Å². The fourth-order valence-electron chi connectivity index (χ4n) is 1.95. The third kappa shape index (κ3) is 2.09. The molecule has 1 aromatic heterocycles. The summed E-state index contributed by atoms with van der Waals surface area (Å²) < 4.78 is 0. The van der Waals surface area contributed by atoms with E-state index >= 15 is 0 Å². The lowest BCUT2D eigenvalue weighted by Gasteiger charge is -2.04. The summed E-state index contributed by atoms with van der Waals surface area (Å²) in [4.78, 5) is 14.1. The number of aromatic nitrogens is 1. The maximum atomic E-state index is 11.0. The second-order valence-electron chi connectivity index (χ2n) is 4.35. The number of aromatic carboxylic acids is 1. The number of carboxylic acid groups (broad SMARTS) is 1. The molecule has 0 aliphatic rings. The highest BCUT2D eigenvalue weighted by Crippen LogP contribution is 2.25. The molecule has 0 spiro atoms. The van der Waals surface area contributed by atoms with Crippen molar-refractivity contribution in [1.29, 1.82) is 0 Å². The van der Waals surface area contributed by atoms with Crippen LogP contribution >= 0.6 is 0 Å². The van der Waals surface area contributed by atoms with Crippen LogP contribution in [0.15, 0.2) is 24.3 Å². The average molecular weight is 229 g/mol. The van der Waals surface area contributed by atoms with Gasteiger partial charge in [0, 0.05) is 17.0 Å². The predicted octanol–water partition coefficient (Wildman–Crippen LogP) is 3.31. The third-order valence-electron chi connectivity index (χ3n) is 2.93. The van der Waals surface area contributed by atoms with Crippen LogP contribution in [0.4, 0.5) is 0 Å². The van der Waals surface area contributed by atoms with E-state index in [1.165, 1.54) is 0 Å². The number of hydrogen-bond donors (Lipinski definition) is 2. The van der Waals surface area contributed by atoms with E-state index in [1.807, 2.05) is 26.0 Å². The summed E-state index contributed by atoms with van der Waals surface area (Å²) >= 11 is 0. The minimum atomic E-state index is -0.893. The van der Waals surface area contributed by atoms with Crippen molar-refractivity contribution in [3.8, 4) is 11.3 Å². The molecule has 1 aromatic carbocycles. The molecule has 2 rings (SSSR count). The first-order chi connectivity index (χ1) is 7.99. The lowest BCUT2D eigenvalue weighted by Crippen LogP contribution is -1.95. The second kappa shape index (κ2) is 4.09. The zero-order valence-corrected chi connectivity index (χ0v) is 10.2. The molecule has 2 N–H and O–H groups in total. The molecule has 0 saturated heterocycles. The molecule has 3 heteroatoms. The zero-order chi connectivity index (χ0) is 12.6. The van der Waals surface area contributed by atoms with Crippen molar-refractivity contribution in [1.82, 2.24) is 4.98 Å². The first-order valence-corrected chi connectivity index (χ1v) is 5.49. The topological polar surface area (TPSA) is 53.1 Å². The van der Waals surface area contributed by atoms with Gasteiger partial charge in [-0.25, -0.2) is 4.79 Å². The van der Waals surface area contributed by atoms with E-state index in [0.29, 0.717) is 11.3 Å². The quantitative estimate of drug-likeness (QED) is 0.830. The Morgan fingerprint density at radius 2 is 1.88 bits per heavy atom. The number of carbonyl (C=O) groups is 1. The summed E-state index contributed by atoms with van der Waals surface area (Å²) in [5, 5.41) is 9.03. The van der Waals surface area contributed by atoms with Gasteiger partial charge in [-0.05, 0) is 38.5 Å². The summed E-state index contributed by atoms with van der Waals surface area (Å²) in [5.74, 6) is -0.893. The molecule has 0 bridgehead atoms. The third-order valence-corrected chi connectivity index (χ3v) is 2.93. The first-order valence-electron chi connectivity index (χ1n) is 5.49. The highest BCUT2D eigenvalue weighted by atomic mass is 16.4. The molecular formula is C14H15NO2. The summed E-state index contributed by atoms with van der Waals surface area (Å²) in [6, 6.07) is 7.85. The Bertz CT molecular complexity index is 582. The van der Waals surface area contributed by atoms with Gasteiger partial charge in [-0.2, -0.15) is 0 Å². The van der Waals surface area contributed by atoms with Gasteiger partial charge in [0.1, 0.15) is 0 Å². The van der Waals surface area contributed by atoms with E-state index < -0.39 is 5.97 Å². The van der Waals surface area contributed by atoms with E-state index in [2.05, 4.69) is 11.1 Å². The van der Waals surface area contributed by atoms with E-state index in [-0.39, 0.29) is 0 Å². The minimum Gasteiger partial charge on any atom is -0.478 e. The molecule has 0 aliphatic heterocycles. The molecule has 0 fully saturated rings. The number of benzene rings is 1. The van der Waals surface area contributed by atoms with Crippen molar-refractivity contribution in [3.05, 3.63) is 46.6 Å². The molecule has 0 unspecified atom stereocenters. The number of nitrogens with one attached hydrogen (secondary N) is 1. The number of aryl methyl sites for hydroxylation is 3. The Morgan fingerprint density at radius 3 is 2.47 bits per heavy atom. The van der Waals surface area contributed by atoms with Crippen molar-refractivity contribution in [2.24, 2.45) is 0 Å². The number of carboxylic acids is 1. The van der Waals surface area contributed by atoms with Crippen molar-refractivity contribution in [3.63, 3.8) is 0 Å². The van der Waals surface area contributed by atoms with E-state index in [9.17, 15) is 4.79 Å². The van der Waals surface area contributed by atoms with Gasteiger partial charge in [-0.15, -0.1) is 0 Å². The molecule has 0 aliphatic carbocycles. The maximum Gasteiger partial charge on any atom is 0.337 e. The van der Waals surface area contributed by atoms with Crippen molar-refractivity contribution >= 4 is 5.97 Å². The van der Waals surface area contributed by atoms with Crippen LogP contribution in [0.25, 0.3) is 11.3 Å². The van der Waals surface area contributed by atoms with Gasteiger partial charge in [0.15, 0.2) is 0 Å². The Labute approximate surface area is 100 Å². The molecule has 0 atom stereocenters. The van der Waals surface area contributed by atoms with Crippen molar-refractivity contribution in [2.45, 2.75) is 20.8 Å². The minimum absolute atomic E-state index is 0.334. The molecule has 88 valence electrons. The van der Waals surface area contributed by atoms with Crippen molar-refractivity contribution in [2.75, 3.05) is 0 Å². The summed E-state index contributed by atoms with van der Waals surface area (Å²) in [6.07, 6.45) is 0. The number of H-pyrrole nitrogens is 1. The Balaban J connectivity index is 2.57. The van der Waals surface area contributed by atoms with Crippen LogP contribution in [0, 0.1) is 20.8 Å². The molecular weight excluding hydrogens is 214 g/mol. The number of aromatic amines is 1. The van der Waals surface area contributed by atoms with E-state index in [4.69, 9.17) is 5.11 Å². The predicted molar refractivity (Wildman–Crippen MR) is 67.4 cm³/mol. The van der Waals surface area contributed by atoms with Crippen LogP contribution in [0.3, 0.4) is 0 Å². The van der Waals surface area contributed by atoms with Gasteiger partial charge < -0.3 is 10.1 Å². The standard InChI is InChI=1S/C14H15NO2/c1-8-4-5-9(2)11(6-8)13-7-12(14(16)17)10(3)15-13/h4-7,15H,1-3H3,(H,16,17). The molecule has 17 heavy (non-hydrogen) atoms.